The largest absolute Gasteiger partial charge is 0.381 e. The van der Waals surface area contributed by atoms with Gasteiger partial charge in [-0.3, -0.25) is 9.59 Å². The molecule has 0 aliphatic heterocycles. The minimum absolute atomic E-state index is 0.0481. The molecule has 2 N–H and O–H groups in total. The topological polar surface area (TPSA) is 76.0 Å². The number of anilines is 1. The van der Waals surface area contributed by atoms with Crippen LogP contribution >= 0.6 is 0 Å². The smallest absolute Gasteiger partial charge is 0.269 e. The molecule has 0 saturated heterocycles. The summed E-state index contributed by atoms with van der Waals surface area (Å²) in [6.45, 7) is 8.53. The molecule has 0 radical (unpaired) electrons. The Balaban J connectivity index is 2.64. The SMILES string of the molecule is CC(C)CNC(=O)Cn1ncc(NC(C)C)cc1=O. The molecule has 1 rings (SSSR count). The highest BCUT2D eigenvalue weighted by Crippen LogP contribution is 2.01. The molecular weight excluding hydrogens is 244 g/mol. The Hall–Kier alpha value is -1.85. The number of aromatic nitrogens is 2. The summed E-state index contributed by atoms with van der Waals surface area (Å²) in [4.78, 5) is 23.4. The third kappa shape index (κ3) is 5.54. The highest BCUT2D eigenvalue weighted by Gasteiger charge is 2.07. The van der Waals surface area contributed by atoms with Crippen molar-refractivity contribution in [3.05, 3.63) is 22.6 Å². The first kappa shape index (κ1) is 15.2. The van der Waals surface area contributed by atoms with Crippen molar-refractivity contribution in [2.24, 2.45) is 5.92 Å². The van der Waals surface area contributed by atoms with Gasteiger partial charge in [0.2, 0.25) is 5.91 Å². The minimum Gasteiger partial charge on any atom is -0.381 e. The first-order valence-corrected chi connectivity index (χ1v) is 6.49. The lowest BCUT2D eigenvalue weighted by Gasteiger charge is -2.11. The van der Waals surface area contributed by atoms with Gasteiger partial charge in [0.15, 0.2) is 0 Å². The van der Waals surface area contributed by atoms with Crippen LogP contribution in [0.25, 0.3) is 0 Å². The molecular formula is C13H22N4O2. The molecule has 0 aliphatic carbocycles. The van der Waals surface area contributed by atoms with Gasteiger partial charge in [-0.2, -0.15) is 5.10 Å². The molecule has 0 aliphatic rings. The number of hydrogen-bond acceptors (Lipinski definition) is 4. The van der Waals surface area contributed by atoms with E-state index in [1.54, 1.807) is 6.20 Å². The third-order valence-corrected chi connectivity index (χ3v) is 2.33. The van der Waals surface area contributed by atoms with E-state index in [4.69, 9.17) is 0 Å². The summed E-state index contributed by atoms with van der Waals surface area (Å²) < 4.78 is 1.15. The van der Waals surface area contributed by atoms with E-state index >= 15 is 0 Å². The fourth-order valence-corrected chi connectivity index (χ4v) is 1.47. The second-order valence-electron chi connectivity index (χ2n) is 5.24. The zero-order chi connectivity index (χ0) is 14.4. The van der Waals surface area contributed by atoms with Crippen LogP contribution in [-0.4, -0.2) is 28.3 Å². The van der Waals surface area contributed by atoms with Gasteiger partial charge < -0.3 is 10.6 Å². The summed E-state index contributed by atoms with van der Waals surface area (Å²) in [6.07, 6.45) is 1.55. The maximum absolute atomic E-state index is 11.8. The van der Waals surface area contributed by atoms with E-state index in [1.165, 1.54) is 6.07 Å². The zero-order valence-electron chi connectivity index (χ0n) is 11.9. The van der Waals surface area contributed by atoms with E-state index in [-0.39, 0.29) is 24.1 Å². The van der Waals surface area contributed by atoms with Gasteiger partial charge >= 0.3 is 0 Å². The molecule has 106 valence electrons. The van der Waals surface area contributed by atoms with Crippen LogP contribution in [0.1, 0.15) is 27.7 Å². The second kappa shape index (κ2) is 6.92. The maximum Gasteiger partial charge on any atom is 0.269 e. The summed E-state index contributed by atoms with van der Waals surface area (Å²) in [5.74, 6) is 0.180. The van der Waals surface area contributed by atoms with Crippen molar-refractivity contribution >= 4 is 11.6 Å². The van der Waals surface area contributed by atoms with Crippen molar-refractivity contribution in [2.45, 2.75) is 40.3 Å². The van der Waals surface area contributed by atoms with E-state index in [0.29, 0.717) is 18.2 Å². The minimum atomic E-state index is -0.287. The first-order valence-electron chi connectivity index (χ1n) is 6.49. The van der Waals surface area contributed by atoms with E-state index in [2.05, 4.69) is 15.7 Å². The lowest BCUT2D eigenvalue weighted by molar-refractivity contribution is -0.122. The monoisotopic (exact) mass is 266 g/mol. The van der Waals surface area contributed by atoms with Crippen molar-refractivity contribution < 1.29 is 4.79 Å². The number of rotatable bonds is 6. The van der Waals surface area contributed by atoms with Crippen molar-refractivity contribution in [2.75, 3.05) is 11.9 Å². The van der Waals surface area contributed by atoms with Crippen molar-refractivity contribution in [1.29, 1.82) is 0 Å². The molecule has 1 aromatic heterocycles. The Bertz CT molecular complexity index is 480. The fourth-order valence-electron chi connectivity index (χ4n) is 1.47. The van der Waals surface area contributed by atoms with Crippen LogP contribution in [0.15, 0.2) is 17.1 Å². The average Bonchev–Trinajstić information content (AvgIpc) is 2.29. The van der Waals surface area contributed by atoms with Gasteiger partial charge in [-0.25, -0.2) is 4.68 Å². The van der Waals surface area contributed by atoms with Gasteiger partial charge in [-0.1, -0.05) is 13.8 Å². The maximum atomic E-state index is 11.8. The molecule has 1 heterocycles. The number of nitrogens with zero attached hydrogens (tertiary/aromatic N) is 2. The van der Waals surface area contributed by atoms with Crippen LogP contribution in [0.5, 0.6) is 0 Å². The zero-order valence-corrected chi connectivity index (χ0v) is 11.9. The molecule has 0 atom stereocenters. The normalized spacial score (nSPS) is 10.8. The Morgan fingerprint density at radius 1 is 1.37 bits per heavy atom. The number of carbonyl (C=O) groups is 1. The Morgan fingerprint density at radius 2 is 2.05 bits per heavy atom. The molecule has 19 heavy (non-hydrogen) atoms. The third-order valence-electron chi connectivity index (χ3n) is 2.33. The van der Waals surface area contributed by atoms with Crippen molar-refractivity contribution in [1.82, 2.24) is 15.1 Å². The number of nitrogens with one attached hydrogen (secondary N) is 2. The predicted octanol–water partition coefficient (Wildman–Crippen LogP) is 0.836. The molecule has 6 nitrogen and oxygen atoms in total. The van der Waals surface area contributed by atoms with Gasteiger partial charge in [0.25, 0.3) is 5.56 Å². The summed E-state index contributed by atoms with van der Waals surface area (Å²) >= 11 is 0. The highest BCUT2D eigenvalue weighted by molar-refractivity contribution is 5.75. The van der Waals surface area contributed by atoms with Crippen LogP contribution in [-0.2, 0) is 11.3 Å². The number of hydrogen-bond donors (Lipinski definition) is 2. The van der Waals surface area contributed by atoms with Gasteiger partial charge in [-0.05, 0) is 19.8 Å². The summed E-state index contributed by atoms with van der Waals surface area (Å²) in [6, 6.07) is 1.68. The van der Waals surface area contributed by atoms with Gasteiger partial charge in [0.1, 0.15) is 6.54 Å². The summed E-state index contributed by atoms with van der Waals surface area (Å²) in [5, 5.41) is 9.82. The van der Waals surface area contributed by atoms with Gasteiger partial charge in [0, 0.05) is 18.7 Å². The van der Waals surface area contributed by atoms with E-state index < -0.39 is 0 Å². The highest BCUT2D eigenvalue weighted by atomic mass is 16.2. The molecule has 0 aromatic carbocycles. The van der Waals surface area contributed by atoms with Crippen molar-refractivity contribution in [3.8, 4) is 0 Å². The molecule has 0 spiro atoms. The fraction of sp³-hybridized carbons (Fsp3) is 0.615. The second-order valence-corrected chi connectivity index (χ2v) is 5.24. The Kier molecular flexibility index (Phi) is 5.54. The van der Waals surface area contributed by atoms with Crippen LogP contribution < -0.4 is 16.2 Å². The molecule has 0 saturated carbocycles. The van der Waals surface area contributed by atoms with E-state index in [0.717, 1.165) is 4.68 Å². The Labute approximate surface area is 113 Å². The summed E-state index contributed by atoms with van der Waals surface area (Å²) in [7, 11) is 0. The molecule has 6 heteroatoms. The van der Waals surface area contributed by atoms with Crippen molar-refractivity contribution in [3.63, 3.8) is 0 Å². The number of amides is 1. The van der Waals surface area contributed by atoms with Gasteiger partial charge in [0.05, 0.1) is 11.9 Å². The van der Waals surface area contributed by atoms with Crippen LogP contribution in [0.4, 0.5) is 5.69 Å². The molecule has 0 fully saturated rings. The molecule has 1 amide bonds. The van der Waals surface area contributed by atoms with Crippen LogP contribution in [0.2, 0.25) is 0 Å². The number of carbonyl (C=O) groups excluding carboxylic acids is 1. The lowest BCUT2D eigenvalue weighted by atomic mass is 10.2. The predicted molar refractivity (Wildman–Crippen MR) is 75.1 cm³/mol. The summed E-state index contributed by atoms with van der Waals surface area (Å²) in [5.41, 5.74) is 0.379. The van der Waals surface area contributed by atoms with Crippen LogP contribution in [0.3, 0.4) is 0 Å². The first-order chi connectivity index (χ1) is 8.88. The quantitative estimate of drug-likeness (QED) is 0.800. The van der Waals surface area contributed by atoms with Gasteiger partial charge in [-0.15, -0.1) is 0 Å². The Morgan fingerprint density at radius 3 is 2.58 bits per heavy atom. The van der Waals surface area contributed by atoms with E-state index in [9.17, 15) is 9.59 Å². The lowest BCUT2D eigenvalue weighted by Crippen LogP contribution is -2.35. The van der Waals surface area contributed by atoms with E-state index in [1.807, 2.05) is 27.7 Å². The molecule has 1 aromatic rings. The molecule has 0 unspecified atom stereocenters. The average molecular weight is 266 g/mol. The standard InChI is InChI=1S/C13H22N4O2/c1-9(2)6-14-12(18)8-17-13(19)5-11(7-15-17)16-10(3)4/h5,7,9-10,16H,6,8H2,1-4H3,(H,14,18). The molecule has 0 bridgehead atoms. The van der Waals surface area contributed by atoms with Crippen LogP contribution in [0, 0.1) is 5.92 Å².